The summed E-state index contributed by atoms with van der Waals surface area (Å²) in [5.41, 5.74) is 4.76. The number of nitrogens with zero attached hydrogens (tertiary/aromatic N) is 2. The van der Waals surface area contributed by atoms with Crippen molar-refractivity contribution in [3.63, 3.8) is 0 Å². The first-order valence-electron chi connectivity index (χ1n) is 9.83. The summed E-state index contributed by atoms with van der Waals surface area (Å²) in [7, 11) is 1.48. The van der Waals surface area contributed by atoms with E-state index in [4.69, 9.17) is 15.2 Å². The molecular weight excluding hydrogens is 376 g/mol. The fourth-order valence-electron chi connectivity index (χ4n) is 4.25. The number of aliphatic hydroxyl groups is 1. The lowest BCUT2D eigenvalue weighted by molar-refractivity contribution is -0.186. The number of likely N-dealkylation sites (tertiary alicyclic amines) is 1. The van der Waals surface area contributed by atoms with Gasteiger partial charge in [-0.2, -0.15) is 0 Å². The topological polar surface area (TPSA) is 127 Å². The van der Waals surface area contributed by atoms with Crippen LogP contribution in [0.25, 0.3) is 0 Å². The first-order chi connectivity index (χ1) is 13.6. The number of amides is 2. The second kappa shape index (κ2) is 8.25. The van der Waals surface area contributed by atoms with Crippen LogP contribution in [-0.4, -0.2) is 77.4 Å². The van der Waals surface area contributed by atoms with Crippen LogP contribution in [0.5, 0.6) is 5.75 Å². The first kappa shape index (κ1) is 21.5. The van der Waals surface area contributed by atoms with Crippen molar-refractivity contribution in [3.8, 4) is 5.75 Å². The molecule has 0 aliphatic carbocycles. The van der Waals surface area contributed by atoms with Crippen molar-refractivity contribution >= 4 is 11.8 Å². The van der Waals surface area contributed by atoms with Crippen molar-refractivity contribution < 1.29 is 24.2 Å². The Hall–Kier alpha value is -2.23. The van der Waals surface area contributed by atoms with Crippen LogP contribution in [0.2, 0.25) is 0 Å². The number of hydrogen-bond donors (Lipinski definition) is 3. The Labute approximate surface area is 170 Å². The Morgan fingerprint density at radius 2 is 2.14 bits per heavy atom. The number of hydrogen-bond acceptors (Lipinski definition) is 7. The molecule has 2 amide bonds. The van der Waals surface area contributed by atoms with Crippen LogP contribution in [0.4, 0.5) is 0 Å². The van der Waals surface area contributed by atoms with Crippen LogP contribution >= 0.6 is 0 Å². The lowest BCUT2D eigenvalue weighted by Crippen LogP contribution is -2.64. The van der Waals surface area contributed by atoms with Crippen molar-refractivity contribution in [2.45, 2.75) is 50.4 Å². The molecule has 0 bridgehead atoms. The summed E-state index contributed by atoms with van der Waals surface area (Å²) >= 11 is 0. The highest BCUT2D eigenvalue weighted by atomic mass is 16.5. The van der Waals surface area contributed by atoms with Gasteiger partial charge >= 0.3 is 0 Å². The molecule has 2 aliphatic rings. The van der Waals surface area contributed by atoms with E-state index in [1.165, 1.54) is 13.3 Å². The van der Waals surface area contributed by atoms with E-state index < -0.39 is 17.2 Å². The minimum atomic E-state index is -1.13. The number of nitrogens with two attached hydrogens (primary N) is 1. The normalized spacial score (nSPS) is 26.8. The summed E-state index contributed by atoms with van der Waals surface area (Å²) in [6, 6.07) is 1.10. The highest BCUT2D eigenvalue weighted by molar-refractivity contribution is 5.97. The molecule has 1 aromatic heterocycles. The molecule has 0 aromatic carbocycles. The van der Waals surface area contributed by atoms with Gasteiger partial charge in [0.25, 0.3) is 5.91 Å². The molecule has 0 unspecified atom stereocenters. The van der Waals surface area contributed by atoms with Gasteiger partial charge in [-0.3, -0.25) is 19.5 Å². The fraction of sp³-hybridized carbons (Fsp3) is 0.650. The summed E-state index contributed by atoms with van der Waals surface area (Å²) in [6.07, 6.45) is 3.32. The molecule has 3 heterocycles. The number of aryl methyl sites for hydroxylation is 1. The van der Waals surface area contributed by atoms with Gasteiger partial charge in [0.2, 0.25) is 5.91 Å². The Morgan fingerprint density at radius 1 is 1.45 bits per heavy atom. The van der Waals surface area contributed by atoms with E-state index in [-0.39, 0.29) is 25.0 Å². The number of methoxy groups -OCH3 is 1. The van der Waals surface area contributed by atoms with E-state index in [2.05, 4.69) is 10.3 Å². The summed E-state index contributed by atoms with van der Waals surface area (Å²) in [5.74, 6) is -0.307. The summed E-state index contributed by atoms with van der Waals surface area (Å²) in [6.45, 7) is 5.34. The Balaban J connectivity index is 1.65. The Morgan fingerprint density at radius 3 is 2.72 bits per heavy atom. The summed E-state index contributed by atoms with van der Waals surface area (Å²) < 4.78 is 11.4. The molecule has 160 valence electrons. The zero-order chi connectivity index (χ0) is 21.2. The molecule has 0 radical (unpaired) electrons. The van der Waals surface area contributed by atoms with Gasteiger partial charge in [-0.05, 0) is 32.8 Å². The lowest BCUT2D eigenvalue weighted by atomic mass is 9.75. The molecule has 1 spiro atoms. The summed E-state index contributed by atoms with van der Waals surface area (Å²) in [5, 5.41) is 14.0. The van der Waals surface area contributed by atoms with Crippen LogP contribution < -0.4 is 15.8 Å². The molecule has 2 atom stereocenters. The van der Waals surface area contributed by atoms with E-state index in [1.54, 1.807) is 19.9 Å². The maximum Gasteiger partial charge on any atom is 0.255 e. The number of rotatable bonds is 5. The number of carbonyl (C=O) groups is 2. The molecule has 2 aliphatic heterocycles. The number of nitrogens with one attached hydrogen (secondary N) is 1. The van der Waals surface area contributed by atoms with E-state index in [0.717, 1.165) is 0 Å². The minimum absolute atomic E-state index is 0.209. The second-order valence-corrected chi connectivity index (χ2v) is 8.32. The zero-order valence-electron chi connectivity index (χ0n) is 17.2. The van der Waals surface area contributed by atoms with E-state index >= 15 is 0 Å². The molecule has 1 aromatic rings. The third kappa shape index (κ3) is 4.85. The highest BCUT2D eigenvalue weighted by Crippen LogP contribution is 2.39. The van der Waals surface area contributed by atoms with Crippen molar-refractivity contribution in [3.05, 3.63) is 23.5 Å². The van der Waals surface area contributed by atoms with Crippen LogP contribution in [0, 0.1) is 6.92 Å². The maximum atomic E-state index is 12.8. The summed E-state index contributed by atoms with van der Waals surface area (Å²) in [4.78, 5) is 30.1. The van der Waals surface area contributed by atoms with Crippen LogP contribution in [0.1, 0.15) is 42.2 Å². The molecule has 3 rings (SSSR count). The minimum Gasteiger partial charge on any atom is -0.494 e. The van der Waals surface area contributed by atoms with Gasteiger partial charge < -0.3 is 25.6 Å². The monoisotopic (exact) mass is 406 g/mol. The molecule has 2 fully saturated rings. The second-order valence-electron chi connectivity index (χ2n) is 8.32. The van der Waals surface area contributed by atoms with Gasteiger partial charge in [0.1, 0.15) is 5.75 Å². The number of aromatic nitrogens is 1. The maximum absolute atomic E-state index is 12.8. The van der Waals surface area contributed by atoms with E-state index in [0.29, 0.717) is 49.4 Å². The van der Waals surface area contributed by atoms with Crippen LogP contribution in [0.3, 0.4) is 0 Å². The van der Waals surface area contributed by atoms with Gasteiger partial charge in [-0.15, -0.1) is 0 Å². The van der Waals surface area contributed by atoms with Gasteiger partial charge in [0.15, 0.2) is 0 Å². The van der Waals surface area contributed by atoms with Gasteiger partial charge in [-0.1, -0.05) is 0 Å². The quantitative estimate of drug-likeness (QED) is 0.627. The Kier molecular flexibility index (Phi) is 6.11. The average Bonchev–Trinajstić information content (AvgIpc) is 2.65. The lowest BCUT2D eigenvalue weighted by Gasteiger charge is -2.51. The molecule has 4 N–H and O–H groups in total. The van der Waals surface area contributed by atoms with Crippen molar-refractivity contribution in [1.82, 2.24) is 15.2 Å². The third-order valence-corrected chi connectivity index (χ3v) is 5.91. The first-order valence-corrected chi connectivity index (χ1v) is 9.83. The number of carbonyl (C=O) groups excluding carboxylic acids is 2. The highest BCUT2D eigenvalue weighted by Gasteiger charge is 2.49. The van der Waals surface area contributed by atoms with Crippen molar-refractivity contribution in [2.75, 3.05) is 33.4 Å². The number of primary amides is 1. The molecular formula is C20H30N4O5. The SMILES string of the molecule is COc1cnc(C)cc1C(=O)N[C@H]1COC2(CCN(CC(N)=O)CC2)C[C@]1(C)O. The average molecular weight is 406 g/mol. The predicted molar refractivity (Wildman–Crippen MR) is 106 cm³/mol. The van der Waals surface area contributed by atoms with Gasteiger partial charge in [-0.25, -0.2) is 0 Å². The number of piperidine rings is 1. The molecule has 9 heteroatoms. The van der Waals surface area contributed by atoms with Crippen LogP contribution in [0.15, 0.2) is 12.3 Å². The van der Waals surface area contributed by atoms with E-state index in [1.807, 2.05) is 4.90 Å². The van der Waals surface area contributed by atoms with Crippen molar-refractivity contribution in [1.29, 1.82) is 0 Å². The standard InChI is InChI=1S/C20H30N4O5/c1-13-8-14(15(28-3)9-22-13)18(26)23-16-11-29-20(12-19(16,2)27)4-6-24(7-5-20)10-17(21)25/h8-9,16,27H,4-7,10-12H2,1-3H3,(H2,21,25)(H,23,26)/t16-,19-/m0/s1. The fourth-order valence-corrected chi connectivity index (χ4v) is 4.25. The largest absolute Gasteiger partial charge is 0.494 e. The molecule has 2 saturated heterocycles. The van der Waals surface area contributed by atoms with Gasteiger partial charge in [0.05, 0.1) is 49.3 Å². The number of pyridine rings is 1. The van der Waals surface area contributed by atoms with Gasteiger partial charge in [0, 0.05) is 25.2 Å². The smallest absolute Gasteiger partial charge is 0.255 e. The molecule has 29 heavy (non-hydrogen) atoms. The van der Waals surface area contributed by atoms with Crippen molar-refractivity contribution in [2.24, 2.45) is 5.73 Å². The Bertz CT molecular complexity index is 774. The van der Waals surface area contributed by atoms with Crippen LogP contribution in [-0.2, 0) is 9.53 Å². The van der Waals surface area contributed by atoms with E-state index in [9.17, 15) is 14.7 Å². The predicted octanol–water partition coefficient (Wildman–Crippen LogP) is -0.0118. The molecule has 9 nitrogen and oxygen atoms in total. The third-order valence-electron chi connectivity index (χ3n) is 5.91. The zero-order valence-corrected chi connectivity index (χ0v) is 17.2. The molecule has 0 saturated carbocycles. The number of ether oxygens (including phenoxy) is 2.